The number of aryl methyl sites for hydroxylation is 2. The van der Waals surface area contributed by atoms with Gasteiger partial charge in [0.2, 0.25) is 0 Å². The molecule has 21 atom stereocenters. The zero-order valence-electron chi connectivity index (χ0n) is 78.2. The zero-order chi connectivity index (χ0) is 96.3. The molecule has 0 spiro atoms. The monoisotopic (exact) mass is 1810 g/mol. The highest BCUT2D eigenvalue weighted by Crippen LogP contribution is 2.40. The number of aliphatic hydroxyl groups is 8. The Morgan fingerprint density at radius 3 is 1.04 bits per heavy atom. The van der Waals surface area contributed by atoms with Crippen LogP contribution >= 0.6 is 0 Å². The molecule has 2 fully saturated rings. The number of esters is 4. The van der Waals surface area contributed by atoms with Gasteiger partial charge in [-0.15, -0.1) is 0 Å². The fourth-order valence-corrected chi connectivity index (χ4v) is 14.3. The van der Waals surface area contributed by atoms with E-state index < -0.39 is 96.0 Å². The third-order valence-corrected chi connectivity index (χ3v) is 23.2. The molecule has 7 unspecified atom stereocenters. The van der Waals surface area contributed by atoms with Gasteiger partial charge < -0.3 is 108 Å². The maximum absolute atomic E-state index is 13.2. The Morgan fingerprint density at radius 2 is 0.700 bits per heavy atom. The molecule has 130 heavy (non-hydrogen) atoms. The minimum atomic E-state index is -1.60. The normalized spacial score (nSPS) is 29.8. The largest absolute Gasteiger partial charge is 0.507 e. The summed E-state index contributed by atoms with van der Waals surface area (Å²) in [7, 11) is 0. The fraction of sp³-hybridized carbons (Fsp3) is 0.535. The van der Waals surface area contributed by atoms with Crippen LogP contribution in [0.15, 0.2) is 121 Å². The van der Waals surface area contributed by atoms with Gasteiger partial charge in [0.05, 0.1) is 66.6 Å². The molecule has 714 valence electrons. The van der Waals surface area contributed by atoms with Gasteiger partial charge in [-0.05, 0) is 190 Å². The molecule has 0 bridgehead atoms. The van der Waals surface area contributed by atoms with Crippen molar-refractivity contribution in [3.05, 3.63) is 177 Å². The van der Waals surface area contributed by atoms with Gasteiger partial charge in [0.15, 0.2) is 28.9 Å². The molecule has 0 aliphatic carbocycles. The van der Waals surface area contributed by atoms with Gasteiger partial charge in [0.1, 0.15) is 115 Å². The molecule has 10 rings (SSSR count). The quantitative estimate of drug-likeness (QED) is 0.0283. The lowest BCUT2D eigenvalue weighted by Gasteiger charge is -2.23. The first-order chi connectivity index (χ1) is 61.3. The van der Waals surface area contributed by atoms with Gasteiger partial charge in [-0.25, -0.2) is 19.2 Å². The molecular weight excluding hydrogens is 1680 g/mol. The van der Waals surface area contributed by atoms with Crippen LogP contribution < -0.4 is 18.9 Å². The van der Waals surface area contributed by atoms with Crippen molar-refractivity contribution in [2.24, 2.45) is 35.5 Å². The number of Topliss-reactive ketones (excluding diaryl/α,β-unsaturated/α-hetero) is 1. The number of fused-ring (bicyclic) bond motifs is 6. The summed E-state index contributed by atoms with van der Waals surface area (Å²) in [6.07, 6.45) is 19.5. The number of aliphatic hydroxyl groups excluding tert-OH is 8. The summed E-state index contributed by atoms with van der Waals surface area (Å²) < 4.78 is 69.8. The Kier molecular flexibility index (Phi) is 41.2. The second kappa shape index (κ2) is 50.0. The summed E-state index contributed by atoms with van der Waals surface area (Å²) >= 11 is 0. The summed E-state index contributed by atoms with van der Waals surface area (Å²) in [5.41, 5.74) is 4.18. The third kappa shape index (κ3) is 31.6. The van der Waals surface area contributed by atoms with Crippen molar-refractivity contribution in [3.8, 4) is 34.5 Å². The molecule has 0 radical (unpaired) electrons. The van der Waals surface area contributed by atoms with Crippen LogP contribution in [0.25, 0.3) is 24.3 Å². The molecule has 4 aromatic rings. The number of hydrogen-bond donors (Lipinski definition) is 10. The first-order valence-corrected chi connectivity index (χ1v) is 44.7. The Morgan fingerprint density at radius 1 is 0.400 bits per heavy atom. The summed E-state index contributed by atoms with van der Waals surface area (Å²) in [5, 5.41) is 99.5. The summed E-state index contributed by atoms with van der Waals surface area (Å²) in [6, 6.07) is 12.6. The van der Waals surface area contributed by atoms with Crippen LogP contribution in [0.1, 0.15) is 237 Å². The van der Waals surface area contributed by atoms with Crippen LogP contribution in [0.3, 0.4) is 0 Å². The van der Waals surface area contributed by atoms with Gasteiger partial charge in [-0.3, -0.25) is 14.4 Å². The van der Waals surface area contributed by atoms with Gasteiger partial charge in [-0.1, -0.05) is 147 Å². The van der Waals surface area contributed by atoms with Crippen LogP contribution in [0, 0.1) is 49.4 Å². The number of benzene rings is 4. The molecule has 2 saturated heterocycles. The third-order valence-electron chi connectivity index (χ3n) is 23.2. The van der Waals surface area contributed by atoms with E-state index in [4.69, 9.17) is 61.9 Å². The average Bonchev–Trinajstić information content (AvgIpc) is 1.17. The smallest absolute Gasteiger partial charge is 0.342 e. The van der Waals surface area contributed by atoms with Crippen molar-refractivity contribution >= 4 is 65.5 Å². The van der Waals surface area contributed by atoms with Crippen LogP contribution in [0.5, 0.6) is 34.5 Å². The highest BCUT2D eigenvalue weighted by molar-refractivity contribution is 6.00. The van der Waals surface area contributed by atoms with E-state index in [1.165, 1.54) is 60.7 Å². The van der Waals surface area contributed by atoms with Crippen LogP contribution in [-0.4, -0.2) is 228 Å². The first-order valence-electron chi connectivity index (χ1n) is 44.7. The Bertz CT molecular complexity index is 4590. The molecule has 6 heterocycles. The van der Waals surface area contributed by atoms with Crippen molar-refractivity contribution < 1.29 is 141 Å². The molecule has 0 aromatic heterocycles. The topological polar surface area (TPSA) is 433 Å². The average molecular weight is 1810 g/mol. The Hall–Kier alpha value is -9.99. The lowest BCUT2D eigenvalue weighted by molar-refractivity contribution is -0.148. The molecule has 0 amide bonds. The Labute approximate surface area is 763 Å². The number of carbonyl (C=O) groups excluding carboxylic acids is 7. The van der Waals surface area contributed by atoms with E-state index in [1.54, 1.807) is 53.7 Å². The van der Waals surface area contributed by atoms with Crippen LogP contribution in [0.4, 0.5) is 0 Å². The van der Waals surface area contributed by atoms with Gasteiger partial charge in [0, 0.05) is 54.1 Å². The van der Waals surface area contributed by atoms with E-state index in [9.17, 15) is 79.5 Å². The highest BCUT2D eigenvalue weighted by Gasteiger charge is 2.45. The van der Waals surface area contributed by atoms with E-state index in [0.29, 0.717) is 65.9 Å². The lowest BCUT2D eigenvalue weighted by atomic mass is 9.94. The minimum Gasteiger partial charge on any atom is -0.507 e. The number of aromatic hydroxyl groups is 2. The predicted molar refractivity (Wildman–Crippen MR) is 489 cm³/mol. The number of phenols is 2. The first kappa shape index (κ1) is 107. The zero-order valence-corrected chi connectivity index (χ0v) is 78.2. The molecule has 4 aromatic carbocycles. The molecule has 6 aliphatic heterocycles. The number of cyclic esters (lactones) is 4. The summed E-state index contributed by atoms with van der Waals surface area (Å²) in [4.78, 5) is 87.5. The molecule has 6 aliphatic rings. The molecule has 29 heteroatoms. The van der Waals surface area contributed by atoms with Crippen molar-refractivity contribution in [1.29, 1.82) is 0 Å². The number of ether oxygens (including phenoxy) is 12. The van der Waals surface area contributed by atoms with Gasteiger partial charge in [0.25, 0.3) is 0 Å². The predicted octanol–water partition coefficient (Wildman–Crippen LogP) is 13.7. The maximum Gasteiger partial charge on any atom is 0.342 e. The van der Waals surface area contributed by atoms with Crippen molar-refractivity contribution in [3.63, 3.8) is 0 Å². The van der Waals surface area contributed by atoms with E-state index in [2.05, 4.69) is 38.2 Å². The second-order valence-electron chi connectivity index (χ2n) is 35.0. The summed E-state index contributed by atoms with van der Waals surface area (Å²) in [6.45, 7) is 35.3. The SMILES string of the molecule is CCC(=O)COc1cc(O)c2c(c1)/C=C/C[C@H](O)[C@H](O)C(=O)/C=C\[C@@H](C)[C@H](C)OC2=O.CCC(O)COc1cc(C)c2c(c1)/C=C/C[C@@H]1OC(C)(C)OC1C(C)/C=C\[C@@H](C)[C@H](C)OC2=O.CCC(O)COc1cc(O)c2c(c1)/C=C/C[C@H](O)[C@H](O)C(=O)/C=C\[C@@H](C)[C@H](C)OC2=O.Cc1cc(OCC(O)CO)cc2c1C(=O)O[C@@H](C)[C@H](C)/C=C\C(C)C1OC(C)(C)O[C@H]1C/C=C/2. The van der Waals surface area contributed by atoms with E-state index in [1.807, 2.05) is 113 Å². The number of ketones is 3. The highest BCUT2D eigenvalue weighted by atomic mass is 16.8. The van der Waals surface area contributed by atoms with Gasteiger partial charge >= 0.3 is 23.9 Å². The molecule has 10 N–H and O–H groups in total. The van der Waals surface area contributed by atoms with E-state index >= 15 is 0 Å². The fourth-order valence-electron chi connectivity index (χ4n) is 14.3. The van der Waals surface area contributed by atoms with Gasteiger partial charge in [-0.2, -0.15) is 0 Å². The number of hydrogen-bond acceptors (Lipinski definition) is 29. The number of phenolic OH excluding ortho intramolecular Hbond substituents is 2. The second-order valence-corrected chi connectivity index (χ2v) is 35.0. The van der Waals surface area contributed by atoms with Crippen molar-refractivity contribution in [2.75, 3.05) is 33.0 Å². The summed E-state index contributed by atoms with van der Waals surface area (Å²) in [5.74, 6) is -4.63. The maximum atomic E-state index is 13.2. The van der Waals surface area contributed by atoms with Crippen molar-refractivity contribution in [1.82, 2.24) is 0 Å². The number of rotatable bonds is 16. The molecule has 0 saturated carbocycles. The minimum absolute atomic E-state index is 0.0107. The van der Waals surface area contributed by atoms with E-state index in [-0.39, 0.29) is 175 Å². The molecular formula is C101H136O29. The lowest BCUT2D eigenvalue weighted by Crippen LogP contribution is -2.32. The van der Waals surface area contributed by atoms with Crippen LogP contribution in [0.2, 0.25) is 0 Å². The van der Waals surface area contributed by atoms with Crippen LogP contribution in [-0.2, 0) is 52.3 Å². The van der Waals surface area contributed by atoms with Crippen molar-refractivity contribution in [2.45, 2.75) is 280 Å². The standard InChI is InChI=1S/C28H40O6.C27H38O7.C23H30O8.C23H28O8/c1-8-22(29)16-31-23-14-19(4)25-21(15-23)10-9-11-24-26(34-28(6,7)33-24)18(3)13-12-17(2)20(5)32-27(25)30;1-16-10-11-17(2)25-23(33-27(5,6)34-25)9-7-8-20-13-22(31-15-21(29)14-28)12-18(3)24(20)26(30)32-19(16)4;2*1-4-16(24)12-30-17-10-15-6-5-7-18(25)22(28)19(26)9-8-13(2)14(3)31-23(29)21(15)20(27)11-17/h9-10,12-15,17-18,20,22,24,26,29H,8,11,16H2,1-7H3;7-8,10-13,16-17,19,21,23,25,28-29H,9,14-15H2,1-6H3;5-6,8-11,13-14,16,18,22,24-25,27-28H,4,7,12H2,1-3H3;5-6,8-11,13-14,18,22,25,27-28H,4,7,12H2,1-3H3/b10-9+,13-12-;8-7+,11-10-;2*6-5+,9-8-/t17-,18?,20+,22?,24+,26?;16-,17?,19+,21?,23+,25?;13-,14+,16?,18+,22+;13-,14+,18+,22+/m1111/s1. The molecule has 29 nitrogen and oxygen atoms in total. The number of carbonyl (C=O) groups is 7. The van der Waals surface area contributed by atoms with E-state index in [0.717, 1.165) is 23.3 Å². The Balaban J connectivity index is 0.000000237.